The molecule has 3 rings (SSSR count). The van der Waals surface area contributed by atoms with Gasteiger partial charge in [-0.15, -0.1) is 0 Å². The highest BCUT2D eigenvalue weighted by Crippen LogP contribution is 2.17. The summed E-state index contributed by atoms with van der Waals surface area (Å²) in [6.07, 6.45) is 1.43. The third-order valence-electron chi connectivity index (χ3n) is 4.14. The Morgan fingerprint density at radius 1 is 1.00 bits per heavy atom. The Hall–Kier alpha value is -3.34. The maximum absolute atomic E-state index is 12.7. The molecule has 1 N–H and O–H groups in total. The molecule has 1 aromatic heterocycles. The average molecular weight is 348 g/mol. The molecular weight excluding hydrogens is 328 g/mol. The number of carbonyl (C=O) groups excluding carboxylic acids is 1. The number of benzene rings is 2. The summed E-state index contributed by atoms with van der Waals surface area (Å²) in [5, 5.41) is 10.1. The molecule has 3 aromatic rings. The van der Waals surface area contributed by atoms with E-state index < -0.39 is 0 Å². The first kappa shape index (κ1) is 17.5. The van der Waals surface area contributed by atoms with Crippen LogP contribution in [0.4, 0.5) is 0 Å². The molecule has 5 heteroatoms. The van der Waals surface area contributed by atoms with Gasteiger partial charge >= 0.3 is 0 Å². The van der Waals surface area contributed by atoms with Gasteiger partial charge in [0.25, 0.3) is 11.5 Å². The number of nitrogens with zero attached hydrogens (tertiary/aromatic N) is 2. The highest BCUT2D eigenvalue weighted by Gasteiger charge is 2.18. The molecule has 0 radical (unpaired) electrons. The number of aromatic hydroxyl groups is 1. The van der Waals surface area contributed by atoms with Crippen LogP contribution in [0.1, 0.15) is 21.5 Å². The van der Waals surface area contributed by atoms with Crippen LogP contribution in [0.2, 0.25) is 0 Å². The fourth-order valence-corrected chi connectivity index (χ4v) is 2.77. The largest absolute Gasteiger partial charge is 0.507 e. The number of rotatable bonds is 5. The van der Waals surface area contributed by atoms with Gasteiger partial charge in [-0.25, -0.2) is 0 Å². The number of carbonyl (C=O) groups is 1. The predicted octanol–water partition coefficient (Wildman–Crippen LogP) is 2.87. The zero-order valence-corrected chi connectivity index (χ0v) is 14.5. The summed E-state index contributed by atoms with van der Waals surface area (Å²) < 4.78 is 1.43. The smallest absolute Gasteiger partial charge is 0.259 e. The highest BCUT2D eigenvalue weighted by molar-refractivity contribution is 5.96. The van der Waals surface area contributed by atoms with E-state index in [0.717, 1.165) is 17.2 Å². The fraction of sp³-hybridized carbons (Fsp3) is 0.143. The van der Waals surface area contributed by atoms with Crippen molar-refractivity contribution in [2.45, 2.75) is 13.1 Å². The van der Waals surface area contributed by atoms with Crippen molar-refractivity contribution < 1.29 is 9.90 Å². The van der Waals surface area contributed by atoms with E-state index in [0.29, 0.717) is 13.1 Å². The van der Waals surface area contributed by atoms with Crippen LogP contribution in [0, 0.1) is 0 Å². The number of hydrogen-bond donors (Lipinski definition) is 1. The van der Waals surface area contributed by atoms with E-state index in [1.165, 1.54) is 15.7 Å². The molecule has 0 saturated carbocycles. The minimum Gasteiger partial charge on any atom is -0.507 e. The van der Waals surface area contributed by atoms with Crippen molar-refractivity contribution in [3.05, 3.63) is 100.0 Å². The zero-order chi connectivity index (χ0) is 18.5. The average Bonchev–Trinajstić information content (AvgIpc) is 2.65. The molecule has 0 aliphatic rings. The normalized spacial score (nSPS) is 10.5. The molecule has 2 aromatic carbocycles. The van der Waals surface area contributed by atoms with Gasteiger partial charge in [0, 0.05) is 25.9 Å². The summed E-state index contributed by atoms with van der Waals surface area (Å²) in [5.41, 5.74) is 1.68. The fourth-order valence-electron chi connectivity index (χ4n) is 2.77. The first-order chi connectivity index (χ1) is 12.5. The molecule has 0 aliphatic carbocycles. The number of aromatic nitrogens is 1. The second-order valence-electron chi connectivity index (χ2n) is 6.17. The molecule has 0 spiro atoms. The second kappa shape index (κ2) is 7.70. The molecule has 132 valence electrons. The van der Waals surface area contributed by atoms with Gasteiger partial charge in [0.1, 0.15) is 5.75 Å². The minimum atomic E-state index is -0.353. The maximum Gasteiger partial charge on any atom is 0.259 e. The van der Waals surface area contributed by atoms with Crippen LogP contribution in [0.3, 0.4) is 0 Å². The van der Waals surface area contributed by atoms with Crippen LogP contribution in [-0.4, -0.2) is 27.5 Å². The lowest BCUT2D eigenvalue weighted by Crippen LogP contribution is -2.29. The number of pyridine rings is 1. The molecule has 0 unspecified atom stereocenters. The molecule has 26 heavy (non-hydrogen) atoms. The predicted molar refractivity (Wildman–Crippen MR) is 100 cm³/mol. The number of amides is 1. The van der Waals surface area contributed by atoms with E-state index in [4.69, 9.17) is 0 Å². The maximum atomic E-state index is 12.7. The van der Waals surface area contributed by atoms with Gasteiger partial charge in [-0.3, -0.25) is 9.59 Å². The third-order valence-corrected chi connectivity index (χ3v) is 4.14. The Labute approximate surface area is 151 Å². The summed E-state index contributed by atoms with van der Waals surface area (Å²) in [6.45, 7) is 0.750. The van der Waals surface area contributed by atoms with Crippen molar-refractivity contribution >= 4 is 5.91 Å². The van der Waals surface area contributed by atoms with Crippen LogP contribution in [-0.2, 0) is 13.1 Å². The molecule has 1 amide bonds. The molecule has 0 fully saturated rings. The Kier molecular flexibility index (Phi) is 5.17. The topological polar surface area (TPSA) is 62.5 Å². The van der Waals surface area contributed by atoms with Crippen molar-refractivity contribution in [3.63, 3.8) is 0 Å². The van der Waals surface area contributed by atoms with Gasteiger partial charge in [-0.1, -0.05) is 60.7 Å². The molecule has 0 atom stereocenters. The standard InChI is InChI=1S/C21H20N2O3/c1-22(13-16-8-4-2-5-9-16)21(26)18-15-23(20(25)12-19(18)24)14-17-10-6-3-7-11-17/h2-12,15,24H,13-14H2,1H3. The van der Waals surface area contributed by atoms with Crippen LogP contribution >= 0.6 is 0 Å². The highest BCUT2D eigenvalue weighted by atomic mass is 16.3. The first-order valence-electron chi connectivity index (χ1n) is 8.31. The van der Waals surface area contributed by atoms with Gasteiger partial charge in [-0.2, -0.15) is 0 Å². The van der Waals surface area contributed by atoms with E-state index in [-0.39, 0.29) is 22.8 Å². The third kappa shape index (κ3) is 4.00. The monoisotopic (exact) mass is 348 g/mol. The molecule has 5 nitrogen and oxygen atoms in total. The summed E-state index contributed by atoms with van der Waals surface area (Å²) in [4.78, 5) is 26.4. The summed E-state index contributed by atoms with van der Waals surface area (Å²) >= 11 is 0. The van der Waals surface area contributed by atoms with E-state index in [1.54, 1.807) is 7.05 Å². The van der Waals surface area contributed by atoms with Crippen molar-refractivity contribution in [1.82, 2.24) is 9.47 Å². The van der Waals surface area contributed by atoms with E-state index in [2.05, 4.69) is 0 Å². The van der Waals surface area contributed by atoms with Gasteiger partial charge < -0.3 is 14.6 Å². The molecular formula is C21H20N2O3. The van der Waals surface area contributed by atoms with Crippen LogP contribution in [0.15, 0.2) is 77.7 Å². The Bertz CT molecular complexity index is 950. The van der Waals surface area contributed by atoms with Crippen molar-refractivity contribution in [2.75, 3.05) is 7.05 Å². The lowest BCUT2D eigenvalue weighted by molar-refractivity contribution is 0.0781. The Morgan fingerprint density at radius 3 is 2.19 bits per heavy atom. The minimum absolute atomic E-state index is 0.110. The molecule has 0 bridgehead atoms. The summed E-state index contributed by atoms with van der Waals surface area (Å²) in [6, 6.07) is 20.2. The molecule has 0 saturated heterocycles. The quantitative estimate of drug-likeness (QED) is 0.771. The van der Waals surface area contributed by atoms with Crippen LogP contribution in [0.5, 0.6) is 5.75 Å². The van der Waals surface area contributed by atoms with E-state index in [9.17, 15) is 14.7 Å². The van der Waals surface area contributed by atoms with Crippen molar-refractivity contribution in [2.24, 2.45) is 0 Å². The molecule has 0 aliphatic heterocycles. The van der Waals surface area contributed by atoms with Crippen molar-refractivity contribution in [1.29, 1.82) is 0 Å². The van der Waals surface area contributed by atoms with Gasteiger partial charge in [0.05, 0.1) is 12.1 Å². The second-order valence-corrected chi connectivity index (χ2v) is 6.17. The first-order valence-corrected chi connectivity index (χ1v) is 8.31. The summed E-state index contributed by atoms with van der Waals surface area (Å²) in [5.74, 6) is -0.641. The lowest BCUT2D eigenvalue weighted by atomic mass is 10.1. The van der Waals surface area contributed by atoms with Gasteiger partial charge in [-0.05, 0) is 11.1 Å². The van der Waals surface area contributed by atoms with Crippen LogP contribution in [0.25, 0.3) is 0 Å². The number of hydrogen-bond acceptors (Lipinski definition) is 3. The Morgan fingerprint density at radius 2 is 1.58 bits per heavy atom. The van der Waals surface area contributed by atoms with Gasteiger partial charge in [0.2, 0.25) is 0 Å². The van der Waals surface area contributed by atoms with E-state index in [1.807, 2.05) is 60.7 Å². The lowest BCUT2D eigenvalue weighted by Gasteiger charge is -2.19. The Balaban J connectivity index is 1.85. The van der Waals surface area contributed by atoms with Gasteiger partial charge in [0.15, 0.2) is 0 Å². The van der Waals surface area contributed by atoms with E-state index >= 15 is 0 Å². The van der Waals surface area contributed by atoms with Crippen molar-refractivity contribution in [3.8, 4) is 5.75 Å². The summed E-state index contributed by atoms with van der Waals surface area (Å²) in [7, 11) is 1.67. The zero-order valence-electron chi connectivity index (χ0n) is 14.5. The van der Waals surface area contributed by atoms with Crippen LogP contribution < -0.4 is 5.56 Å². The SMILES string of the molecule is CN(Cc1ccccc1)C(=O)c1cn(Cc2ccccc2)c(=O)cc1O. The molecule has 1 heterocycles.